The minimum Gasteiger partial charge on any atom is -0.439 e. The van der Waals surface area contributed by atoms with Gasteiger partial charge in [0.25, 0.3) is 0 Å². The molecule has 0 aliphatic carbocycles. The molecule has 0 spiro atoms. The molecule has 0 saturated heterocycles. The van der Waals surface area contributed by atoms with E-state index in [-0.39, 0.29) is 5.82 Å². The highest BCUT2D eigenvalue weighted by molar-refractivity contribution is 9.10. The summed E-state index contributed by atoms with van der Waals surface area (Å²) in [4.78, 5) is 4.41. The Morgan fingerprint density at radius 1 is 1.29 bits per heavy atom. The summed E-state index contributed by atoms with van der Waals surface area (Å²) >= 11 is 3.24. The highest BCUT2D eigenvalue weighted by Gasteiger charge is 2.06. The van der Waals surface area contributed by atoms with Crippen LogP contribution in [0, 0.1) is 12.7 Å². The molecule has 1 heterocycles. The Bertz CT molecular complexity index is 611. The third-order valence-corrected chi connectivity index (χ3v) is 3.39. The van der Waals surface area contributed by atoms with E-state index in [4.69, 9.17) is 4.74 Å². The van der Waals surface area contributed by atoms with Crippen molar-refractivity contribution in [2.24, 2.45) is 0 Å². The summed E-state index contributed by atoms with van der Waals surface area (Å²) in [6.07, 6.45) is 0. The molecule has 0 saturated carbocycles. The number of benzene rings is 1. The molecule has 1 N–H and O–H groups in total. The molecule has 0 atom stereocenters. The molecule has 0 aliphatic heterocycles. The molecule has 0 radical (unpaired) electrons. The SMILES string of the molecule is Cc1nc(Oc2cc(F)cc(Br)c2)ccc1CNC(C)C. The molecule has 5 heteroatoms. The Morgan fingerprint density at radius 2 is 2.05 bits per heavy atom. The topological polar surface area (TPSA) is 34.1 Å². The van der Waals surface area contributed by atoms with E-state index in [1.165, 1.54) is 12.1 Å². The van der Waals surface area contributed by atoms with Crippen LogP contribution in [0.2, 0.25) is 0 Å². The van der Waals surface area contributed by atoms with Gasteiger partial charge in [0, 0.05) is 34.9 Å². The maximum atomic E-state index is 13.3. The van der Waals surface area contributed by atoms with Crippen LogP contribution in [0.5, 0.6) is 11.6 Å². The number of aryl methyl sites for hydroxylation is 1. The quantitative estimate of drug-likeness (QED) is 0.854. The van der Waals surface area contributed by atoms with Crippen molar-refractivity contribution < 1.29 is 9.13 Å². The number of rotatable bonds is 5. The Labute approximate surface area is 132 Å². The van der Waals surface area contributed by atoms with Gasteiger partial charge in [-0.2, -0.15) is 0 Å². The van der Waals surface area contributed by atoms with Crippen molar-refractivity contribution in [3.05, 3.63) is 51.9 Å². The second-order valence-corrected chi connectivity index (χ2v) is 6.05. The van der Waals surface area contributed by atoms with Crippen LogP contribution in [-0.2, 0) is 6.54 Å². The summed E-state index contributed by atoms with van der Waals surface area (Å²) in [6.45, 7) is 6.90. The van der Waals surface area contributed by atoms with Gasteiger partial charge in [0.1, 0.15) is 11.6 Å². The molecule has 0 amide bonds. The molecule has 0 bridgehead atoms. The molecular weight excluding hydrogens is 335 g/mol. The molecule has 3 nitrogen and oxygen atoms in total. The first-order chi connectivity index (χ1) is 9.94. The summed E-state index contributed by atoms with van der Waals surface area (Å²) in [7, 11) is 0. The third-order valence-electron chi connectivity index (χ3n) is 2.93. The van der Waals surface area contributed by atoms with Gasteiger partial charge in [-0.25, -0.2) is 9.37 Å². The lowest BCUT2D eigenvalue weighted by atomic mass is 10.2. The molecule has 0 fully saturated rings. The fraction of sp³-hybridized carbons (Fsp3) is 0.312. The van der Waals surface area contributed by atoms with Crippen LogP contribution >= 0.6 is 15.9 Å². The van der Waals surface area contributed by atoms with E-state index in [1.54, 1.807) is 12.1 Å². The maximum absolute atomic E-state index is 13.3. The zero-order valence-corrected chi connectivity index (χ0v) is 13.9. The van der Waals surface area contributed by atoms with Gasteiger partial charge in [-0.1, -0.05) is 35.8 Å². The summed E-state index contributed by atoms with van der Waals surface area (Å²) in [5, 5.41) is 3.35. The summed E-state index contributed by atoms with van der Waals surface area (Å²) in [6, 6.07) is 8.60. The molecule has 0 aliphatic rings. The Kier molecular flexibility index (Phi) is 5.31. The zero-order chi connectivity index (χ0) is 15.4. The summed E-state index contributed by atoms with van der Waals surface area (Å²) < 4.78 is 19.5. The minimum atomic E-state index is -0.353. The molecule has 1 aromatic carbocycles. The smallest absolute Gasteiger partial charge is 0.219 e. The minimum absolute atomic E-state index is 0.353. The van der Waals surface area contributed by atoms with Crippen LogP contribution in [-0.4, -0.2) is 11.0 Å². The Morgan fingerprint density at radius 3 is 2.67 bits per heavy atom. The van der Waals surface area contributed by atoms with Gasteiger partial charge in [0.15, 0.2) is 0 Å². The van der Waals surface area contributed by atoms with Gasteiger partial charge in [0.2, 0.25) is 5.88 Å². The average molecular weight is 353 g/mol. The van der Waals surface area contributed by atoms with Crippen LogP contribution in [0.4, 0.5) is 4.39 Å². The van der Waals surface area contributed by atoms with Crippen molar-refractivity contribution in [1.29, 1.82) is 0 Å². The van der Waals surface area contributed by atoms with Gasteiger partial charge in [-0.05, 0) is 24.6 Å². The molecule has 112 valence electrons. The van der Waals surface area contributed by atoms with Crippen LogP contribution in [0.1, 0.15) is 25.1 Å². The van der Waals surface area contributed by atoms with E-state index in [0.717, 1.165) is 17.8 Å². The maximum Gasteiger partial charge on any atom is 0.219 e. The largest absolute Gasteiger partial charge is 0.439 e. The third kappa shape index (κ3) is 4.79. The van der Waals surface area contributed by atoms with E-state index < -0.39 is 0 Å². The zero-order valence-electron chi connectivity index (χ0n) is 12.3. The summed E-state index contributed by atoms with van der Waals surface area (Å²) in [5.41, 5.74) is 2.02. The van der Waals surface area contributed by atoms with Crippen molar-refractivity contribution in [3.8, 4) is 11.6 Å². The van der Waals surface area contributed by atoms with Crippen molar-refractivity contribution in [2.45, 2.75) is 33.4 Å². The standard InChI is InChI=1S/C16H18BrFN2O/c1-10(2)19-9-12-4-5-16(20-11(12)3)21-15-7-13(17)6-14(18)8-15/h4-8,10,19H,9H2,1-3H3. The number of hydrogen-bond acceptors (Lipinski definition) is 3. The Hall–Kier alpha value is -1.46. The van der Waals surface area contributed by atoms with Crippen molar-refractivity contribution in [1.82, 2.24) is 10.3 Å². The second kappa shape index (κ2) is 7.00. The monoisotopic (exact) mass is 352 g/mol. The number of hydrogen-bond donors (Lipinski definition) is 1. The van der Waals surface area contributed by atoms with Gasteiger partial charge < -0.3 is 10.1 Å². The van der Waals surface area contributed by atoms with E-state index >= 15 is 0 Å². The van der Waals surface area contributed by atoms with Crippen molar-refractivity contribution >= 4 is 15.9 Å². The first-order valence-electron chi connectivity index (χ1n) is 6.78. The predicted molar refractivity (Wildman–Crippen MR) is 85.1 cm³/mol. The fourth-order valence-electron chi connectivity index (χ4n) is 1.83. The van der Waals surface area contributed by atoms with Crippen LogP contribution in [0.15, 0.2) is 34.8 Å². The average Bonchev–Trinajstić information content (AvgIpc) is 2.36. The lowest BCUT2D eigenvalue weighted by molar-refractivity contribution is 0.455. The number of nitrogens with zero attached hydrogens (tertiary/aromatic N) is 1. The first kappa shape index (κ1) is 15.9. The van der Waals surface area contributed by atoms with Crippen LogP contribution < -0.4 is 10.1 Å². The molecule has 2 rings (SSSR count). The normalized spacial score (nSPS) is 11.0. The van der Waals surface area contributed by atoms with E-state index in [0.29, 0.717) is 22.1 Å². The van der Waals surface area contributed by atoms with Crippen molar-refractivity contribution in [2.75, 3.05) is 0 Å². The number of pyridine rings is 1. The van der Waals surface area contributed by atoms with Crippen LogP contribution in [0.25, 0.3) is 0 Å². The van der Waals surface area contributed by atoms with Crippen molar-refractivity contribution in [3.63, 3.8) is 0 Å². The molecular formula is C16H18BrFN2O. The lowest BCUT2D eigenvalue weighted by Gasteiger charge is -2.11. The van der Waals surface area contributed by atoms with Gasteiger partial charge in [0.05, 0.1) is 0 Å². The van der Waals surface area contributed by atoms with Gasteiger partial charge >= 0.3 is 0 Å². The molecule has 21 heavy (non-hydrogen) atoms. The lowest BCUT2D eigenvalue weighted by Crippen LogP contribution is -2.22. The highest BCUT2D eigenvalue weighted by atomic mass is 79.9. The fourth-order valence-corrected chi connectivity index (χ4v) is 2.28. The van der Waals surface area contributed by atoms with E-state index in [1.807, 2.05) is 13.0 Å². The van der Waals surface area contributed by atoms with Gasteiger partial charge in [-0.15, -0.1) is 0 Å². The van der Waals surface area contributed by atoms with E-state index in [2.05, 4.69) is 40.1 Å². The van der Waals surface area contributed by atoms with Crippen LogP contribution in [0.3, 0.4) is 0 Å². The number of ether oxygens (including phenoxy) is 1. The van der Waals surface area contributed by atoms with Gasteiger partial charge in [-0.3, -0.25) is 0 Å². The number of halogens is 2. The predicted octanol–water partition coefficient (Wildman–Crippen LogP) is 4.58. The molecule has 2 aromatic rings. The number of aromatic nitrogens is 1. The second-order valence-electron chi connectivity index (χ2n) is 5.14. The Balaban J connectivity index is 2.12. The summed E-state index contributed by atoms with van der Waals surface area (Å²) in [5.74, 6) is 0.522. The molecule has 0 unspecified atom stereocenters. The number of nitrogens with one attached hydrogen (secondary N) is 1. The molecule has 1 aromatic heterocycles. The van der Waals surface area contributed by atoms with E-state index in [9.17, 15) is 4.39 Å². The highest BCUT2D eigenvalue weighted by Crippen LogP contribution is 2.25. The first-order valence-corrected chi connectivity index (χ1v) is 7.57.